The minimum atomic E-state index is -0.193. The maximum absolute atomic E-state index is 12.1. The fourth-order valence-corrected chi connectivity index (χ4v) is 2.23. The van der Waals surface area contributed by atoms with Crippen molar-refractivity contribution in [1.29, 1.82) is 0 Å². The molecular weight excluding hydrogens is 282 g/mol. The van der Waals surface area contributed by atoms with Crippen LogP contribution in [0.3, 0.4) is 0 Å². The van der Waals surface area contributed by atoms with Crippen molar-refractivity contribution in [2.75, 3.05) is 7.05 Å². The predicted octanol–water partition coefficient (Wildman–Crippen LogP) is 3.07. The first kappa shape index (κ1) is 14.2. The van der Waals surface area contributed by atoms with E-state index in [0.29, 0.717) is 13.1 Å². The number of fused-ring (bicyclic) bond motifs is 1. The normalized spacial score (nSPS) is 10.8. The van der Waals surface area contributed by atoms with Crippen LogP contribution in [0.1, 0.15) is 17.2 Å². The molecule has 2 amide bonds. The van der Waals surface area contributed by atoms with Crippen molar-refractivity contribution in [1.82, 2.24) is 15.4 Å². The number of nitrogens with zero attached hydrogens (tertiary/aromatic N) is 2. The quantitative estimate of drug-likeness (QED) is 0.803. The van der Waals surface area contributed by atoms with Crippen LogP contribution in [0.5, 0.6) is 0 Å². The lowest BCUT2D eigenvalue weighted by atomic mass is 10.2. The van der Waals surface area contributed by atoms with E-state index in [1.165, 1.54) is 0 Å². The molecule has 114 valence electrons. The highest BCUT2D eigenvalue weighted by Crippen LogP contribution is 2.18. The van der Waals surface area contributed by atoms with Crippen molar-refractivity contribution in [2.45, 2.75) is 20.0 Å². The number of para-hydroxylation sites is 1. The van der Waals surface area contributed by atoms with E-state index >= 15 is 0 Å². The average Bonchev–Trinajstić information content (AvgIpc) is 3.10. The van der Waals surface area contributed by atoms with E-state index < -0.39 is 0 Å². The first-order chi connectivity index (χ1) is 10.6. The summed E-state index contributed by atoms with van der Waals surface area (Å²) in [7, 11) is 1.71. The van der Waals surface area contributed by atoms with Gasteiger partial charge in [0.25, 0.3) is 0 Å². The van der Waals surface area contributed by atoms with Crippen LogP contribution >= 0.6 is 0 Å². The van der Waals surface area contributed by atoms with Crippen molar-refractivity contribution in [3.05, 3.63) is 53.6 Å². The fourth-order valence-electron chi connectivity index (χ4n) is 2.23. The van der Waals surface area contributed by atoms with Gasteiger partial charge in [0, 0.05) is 18.5 Å². The number of urea groups is 1. The number of hydrogen-bond acceptors (Lipinski definition) is 4. The summed E-state index contributed by atoms with van der Waals surface area (Å²) in [6, 6.07) is 11.3. The summed E-state index contributed by atoms with van der Waals surface area (Å²) in [5, 5.41) is 7.72. The molecule has 6 heteroatoms. The monoisotopic (exact) mass is 299 g/mol. The van der Waals surface area contributed by atoms with Crippen molar-refractivity contribution in [2.24, 2.45) is 0 Å². The summed E-state index contributed by atoms with van der Waals surface area (Å²) in [6.07, 6.45) is 0. The lowest BCUT2D eigenvalue weighted by molar-refractivity contribution is 0.204. The number of benzene rings is 1. The number of nitrogens with one attached hydrogen (secondary N) is 1. The Kier molecular flexibility index (Phi) is 3.82. The van der Waals surface area contributed by atoms with Gasteiger partial charge in [0.1, 0.15) is 22.8 Å². The topological polar surface area (TPSA) is 71.5 Å². The molecule has 0 spiro atoms. The van der Waals surface area contributed by atoms with Crippen LogP contribution in [0, 0.1) is 6.92 Å². The van der Waals surface area contributed by atoms with Gasteiger partial charge in [0.2, 0.25) is 0 Å². The minimum Gasteiger partial charge on any atom is -0.459 e. The van der Waals surface area contributed by atoms with Gasteiger partial charge < -0.3 is 19.2 Å². The molecule has 6 nitrogen and oxygen atoms in total. The Hall–Kier alpha value is -2.76. The second kappa shape index (κ2) is 5.93. The highest BCUT2D eigenvalue weighted by atomic mass is 16.5. The number of amides is 2. The molecule has 3 aromatic rings. The standard InChI is InChI=1S/C16H17N3O3/c1-11-7-13(18-22-11)10-19(2)16(20)17-9-14-8-12-5-3-4-6-15(12)21-14/h3-8H,9-10H2,1-2H3,(H,17,20). The lowest BCUT2D eigenvalue weighted by Gasteiger charge is -2.15. The van der Waals surface area contributed by atoms with E-state index in [1.54, 1.807) is 11.9 Å². The molecule has 22 heavy (non-hydrogen) atoms. The van der Waals surface area contributed by atoms with Crippen molar-refractivity contribution >= 4 is 17.0 Å². The van der Waals surface area contributed by atoms with Gasteiger partial charge in [-0.3, -0.25) is 0 Å². The van der Waals surface area contributed by atoms with Gasteiger partial charge in [-0.2, -0.15) is 0 Å². The van der Waals surface area contributed by atoms with Crippen LogP contribution in [0.15, 0.2) is 45.3 Å². The third kappa shape index (κ3) is 3.11. The van der Waals surface area contributed by atoms with E-state index in [9.17, 15) is 4.79 Å². The largest absolute Gasteiger partial charge is 0.459 e. The summed E-state index contributed by atoms with van der Waals surface area (Å²) in [5.41, 5.74) is 1.54. The van der Waals surface area contributed by atoms with E-state index in [2.05, 4.69) is 10.5 Å². The van der Waals surface area contributed by atoms with Crippen LogP contribution in [-0.2, 0) is 13.1 Å². The smallest absolute Gasteiger partial charge is 0.317 e. The van der Waals surface area contributed by atoms with E-state index in [-0.39, 0.29) is 6.03 Å². The number of carbonyl (C=O) groups excluding carboxylic acids is 1. The molecular formula is C16H17N3O3. The molecule has 2 heterocycles. The lowest BCUT2D eigenvalue weighted by Crippen LogP contribution is -2.36. The fraction of sp³-hybridized carbons (Fsp3) is 0.250. The Labute approximate surface area is 127 Å². The zero-order valence-electron chi connectivity index (χ0n) is 12.5. The predicted molar refractivity (Wildman–Crippen MR) is 81.2 cm³/mol. The summed E-state index contributed by atoms with van der Waals surface area (Å²) in [4.78, 5) is 13.6. The Morgan fingerprint density at radius 2 is 2.14 bits per heavy atom. The third-order valence-electron chi connectivity index (χ3n) is 3.31. The summed E-state index contributed by atoms with van der Waals surface area (Å²) in [6.45, 7) is 2.55. The summed E-state index contributed by atoms with van der Waals surface area (Å²) >= 11 is 0. The molecule has 3 rings (SSSR count). The first-order valence-corrected chi connectivity index (χ1v) is 7.00. The maximum atomic E-state index is 12.1. The van der Waals surface area contributed by atoms with Gasteiger partial charge >= 0.3 is 6.03 Å². The van der Waals surface area contributed by atoms with Gasteiger partial charge in [-0.05, 0) is 19.1 Å². The molecule has 0 aliphatic rings. The second-order valence-electron chi connectivity index (χ2n) is 5.19. The van der Waals surface area contributed by atoms with Gasteiger partial charge in [0.15, 0.2) is 0 Å². The molecule has 1 aromatic carbocycles. The van der Waals surface area contributed by atoms with Gasteiger partial charge in [-0.25, -0.2) is 4.79 Å². The van der Waals surface area contributed by atoms with Crippen molar-refractivity contribution in [3.63, 3.8) is 0 Å². The maximum Gasteiger partial charge on any atom is 0.317 e. The first-order valence-electron chi connectivity index (χ1n) is 7.00. The number of furan rings is 1. The molecule has 0 atom stereocenters. The number of carbonyl (C=O) groups is 1. The SMILES string of the molecule is Cc1cc(CN(C)C(=O)NCc2cc3ccccc3o2)no1. The minimum absolute atomic E-state index is 0.193. The number of hydrogen-bond donors (Lipinski definition) is 1. The van der Waals surface area contributed by atoms with E-state index in [0.717, 1.165) is 28.2 Å². The van der Waals surface area contributed by atoms with Crippen molar-refractivity contribution in [3.8, 4) is 0 Å². The Balaban J connectivity index is 1.57. The molecule has 0 saturated heterocycles. The number of aromatic nitrogens is 1. The van der Waals surface area contributed by atoms with Crippen LogP contribution < -0.4 is 5.32 Å². The second-order valence-corrected chi connectivity index (χ2v) is 5.19. The molecule has 1 N–H and O–H groups in total. The molecule has 2 aromatic heterocycles. The third-order valence-corrected chi connectivity index (χ3v) is 3.31. The van der Waals surface area contributed by atoms with Gasteiger partial charge in [-0.1, -0.05) is 23.4 Å². The van der Waals surface area contributed by atoms with Gasteiger partial charge in [-0.15, -0.1) is 0 Å². The van der Waals surface area contributed by atoms with E-state index in [1.807, 2.05) is 43.3 Å². The number of rotatable bonds is 4. The van der Waals surface area contributed by atoms with Crippen LogP contribution in [-0.4, -0.2) is 23.1 Å². The molecule has 0 aliphatic heterocycles. The van der Waals surface area contributed by atoms with Crippen molar-refractivity contribution < 1.29 is 13.7 Å². The molecule has 0 saturated carbocycles. The van der Waals surface area contributed by atoms with Crippen LogP contribution in [0.4, 0.5) is 4.79 Å². The molecule has 0 bridgehead atoms. The summed E-state index contributed by atoms with van der Waals surface area (Å²) < 4.78 is 10.6. The molecule has 0 radical (unpaired) electrons. The molecule has 0 fully saturated rings. The highest BCUT2D eigenvalue weighted by molar-refractivity contribution is 5.78. The average molecular weight is 299 g/mol. The van der Waals surface area contributed by atoms with Gasteiger partial charge in [0.05, 0.1) is 13.1 Å². The van der Waals surface area contributed by atoms with Crippen LogP contribution in [0.2, 0.25) is 0 Å². The van der Waals surface area contributed by atoms with Crippen LogP contribution in [0.25, 0.3) is 11.0 Å². The summed E-state index contributed by atoms with van der Waals surface area (Å²) in [5.74, 6) is 1.45. The molecule has 0 unspecified atom stereocenters. The zero-order valence-corrected chi connectivity index (χ0v) is 12.5. The Morgan fingerprint density at radius 3 is 2.86 bits per heavy atom. The zero-order chi connectivity index (χ0) is 15.5. The molecule has 0 aliphatic carbocycles. The number of aryl methyl sites for hydroxylation is 1. The van der Waals surface area contributed by atoms with E-state index in [4.69, 9.17) is 8.94 Å². The Morgan fingerprint density at radius 1 is 1.32 bits per heavy atom. The Bertz CT molecular complexity index is 758. The highest BCUT2D eigenvalue weighted by Gasteiger charge is 2.12.